The van der Waals surface area contributed by atoms with Gasteiger partial charge in [-0.3, -0.25) is 4.79 Å². The van der Waals surface area contributed by atoms with Crippen molar-refractivity contribution >= 4 is 23.5 Å². The first-order valence-corrected chi connectivity index (χ1v) is 6.96. The molecule has 1 amide bonds. The summed E-state index contributed by atoms with van der Waals surface area (Å²) in [6, 6.07) is 0.309. The summed E-state index contributed by atoms with van der Waals surface area (Å²) in [4.78, 5) is 23.3. The quantitative estimate of drug-likeness (QED) is 0.759. The van der Waals surface area contributed by atoms with Gasteiger partial charge in [-0.25, -0.2) is 0 Å². The highest BCUT2D eigenvalue weighted by atomic mass is 35.5. The largest absolute Gasteiger partial charge is 0.463 e. The van der Waals surface area contributed by atoms with Crippen molar-refractivity contribution in [3.63, 3.8) is 0 Å². The number of hydrogen-bond acceptors (Lipinski definition) is 6. The lowest BCUT2D eigenvalue weighted by Gasteiger charge is -2.09. The van der Waals surface area contributed by atoms with E-state index in [0.29, 0.717) is 25.5 Å². The van der Waals surface area contributed by atoms with Crippen LogP contribution in [-0.2, 0) is 4.79 Å². The molecule has 0 radical (unpaired) electrons. The molecule has 0 bridgehead atoms. The van der Waals surface area contributed by atoms with Crippen LogP contribution in [0.25, 0.3) is 0 Å². The molecule has 0 aliphatic carbocycles. The van der Waals surface area contributed by atoms with Crippen LogP contribution in [0.3, 0.4) is 0 Å². The molecule has 20 heavy (non-hydrogen) atoms. The van der Waals surface area contributed by atoms with Gasteiger partial charge in [0.05, 0.1) is 6.61 Å². The van der Waals surface area contributed by atoms with Crippen molar-refractivity contribution in [1.82, 2.24) is 20.3 Å². The Hall–Kier alpha value is -1.63. The number of aromatic nitrogens is 3. The molecule has 0 unspecified atom stereocenters. The molecule has 0 atom stereocenters. The molecular formula is C12H20ClN5O2. The van der Waals surface area contributed by atoms with Crippen molar-refractivity contribution in [1.29, 1.82) is 0 Å². The van der Waals surface area contributed by atoms with Crippen LogP contribution in [0.5, 0.6) is 6.01 Å². The Morgan fingerprint density at radius 2 is 2.10 bits per heavy atom. The molecule has 1 heterocycles. The molecule has 0 aliphatic heterocycles. The summed E-state index contributed by atoms with van der Waals surface area (Å²) in [7, 11) is 0. The van der Waals surface area contributed by atoms with E-state index in [-0.39, 0.29) is 23.2 Å². The van der Waals surface area contributed by atoms with E-state index in [1.54, 1.807) is 0 Å². The van der Waals surface area contributed by atoms with E-state index >= 15 is 0 Å². The SMILES string of the molecule is CCCOc1nc(Cl)nc(NCCC(=O)NC(C)C)n1. The number of carbonyl (C=O) groups excluding carboxylic acids is 1. The van der Waals surface area contributed by atoms with Gasteiger partial charge < -0.3 is 15.4 Å². The van der Waals surface area contributed by atoms with E-state index in [9.17, 15) is 4.79 Å². The molecule has 0 fully saturated rings. The number of ether oxygens (including phenoxy) is 1. The minimum absolute atomic E-state index is 0.0323. The summed E-state index contributed by atoms with van der Waals surface area (Å²) in [5, 5.41) is 5.77. The zero-order valence-electron chi connectivity index (χ0n) is 11.9. The molecule has 112 valence electrons. The van der Waals surface area contributed by atoms with Crippen molar-refractivity contribution in [2.75, 3.05) is 18.5 Å². The number of carbonyl (C=O) groups is 1. The minimum Gasteiger partial charge on any atom is -0.463 e. The van der Waals surface area contributed by atoms with Crippen LogP contribution in [0.4, 0.5) is 5.95 Å². The third kappa shape index (κ3) is 6.51. The highest BCUT2D eigenvalue weighted by Crippen LogP contribution is 2.11. The van der Waals surface area contributed by atoms with Gasteiger partial charge in [-0.05, 0) is 31.9 Å². The van der Waals surface area contributed by atoms with Gasteiger partial charge in [0.25, 0.3) is 0 Å². The van der Waals surface area contributed by atoms with Crippen molar-refractivity contribution in [2.24, 2.45) is 0 Å². The molecule has 8 heteroatoms. The summed E-state index contributed by atoms with van der Waals surface area (Å²) in [6.45, 7) is 6.72. The Morgan fingerprint density at radius 1 is 1.35 bits per heavy atom. The highest BCUT2D eigenvalue weighted by molar-refractivity contribution is 6.28. The summed E-state index contributed by atoms with van der Waals surface area (Å²) >= 11 is 5.78. The average Bonchev–Trinajstić information content (AvgIpc) is 2.35. The Balaban J connectivity index is 2.46. The van der Waals surface area contributed by atoms with Gasteiger partial charge in [0.2, 0.25) is 17.1 Å². The number of hydrogen-bond donors (Lipinski definition) is 2. The molecule has 0 aromatic carbocycles. The third-order valence-corrected chi connectivity index (χ3v) is 2.28. The summed E-state index contributed by atoms with van der Waals surface area (Å²) in [6.07, 6.45) is 1.17. The molecule has 1 aromatic heterocycles. The van der Waals surface area contributed by atoms with E-state index in [0.717, 1.165) is 6.42 Å². The fourth-order valence-electron chi connectivity index (χ4n) is 1.35. The van der Waals surface area contributed by atoms with Crippen LogP contribution in [0.2, 0.25) is 5.28 Å². The fourth-order valence-corrected chi connectivity index (χ4v) is 1.50. The maximum atomic E-state index is 11.5. The van der Waals surface area contributed by atoms with E-state index in [4.69, 9.17) is 16.3 Å². The molecule has 0 aliphatic rings. The predicted molar refractivity (Wildman–Crippen MR) is 77.0 cm³/mol. The van der Waals surface area contributed by atoms with Gasteiger partial charge in [0.1, 0.15) is 0 Å². The smallest absolute Gasteiger partial charge is 0.322 e. The van der Waals surface area contributed by atoms with Crippen LogP contribution < -0.4 is 15.4 Å². The van der Waals surface area contributed by atoms with Crippen molar-refractivity contribution in [2.45, 2.75) is 39.7 Å². The average molecular weight is 302 g/mol. The number of amides is 1. The number of nitrogens with zero attached hydrogens (tertiary/aromatic N) is 3. The monoisotopic (exact) mass is 301 g/mol. The minimum atomic E-state index is -0.0323. The Bertz CT molecular complexity index is 442. The zero-order valence-corrected chi connectivity index (χ0v) is 12.7. The van der Waals surface area contributed by atoms with Crippen LogP contribution in [-0.4, -0.2) is 40.1 Å². The predicted octanol–water partition coefficient (Wildman–Crippen LogP) is 1.64. The zero-order chi connectivity index (χ0) is 15.0. The van der Waals surface area contributed by atoms with E-state index in [1.807, 2.05) is 20.8 Å². The summed E-state index contributed by atoms with van der Waals surface area (Å²) in [5.74, 6) is 0.267. The lowest BCUT2D eigenvalue weighted by atomic mass is 10.3. The van der Waals surface area contributed by atoms with Gasteiger partial charge in [-0.1, -0.05) is 6.92 Å². The van der Waals surface area contributed by atoms with Gasteiger partial charge in [0, 0.05) is 19.0 Å². The Kier molecular flexibility index (Phi) is 7.00. The number of anilines is 1. The van der Waals surface area contributed by atoms with E-state index < -0.39 is 0 Å². The first-order chi connectivity index (χ1) is 9.51. The van der Waals surface area contributed by atoms with Gasteiger partial charge in [-0.15, -0.1) is 0 Å². The third-order valence-electron chi connectivity index (χ3n) is 2.11. The molecular weight excluding hydrogens is 282 g/mol. The topological polar surface area (TPSA) is 89.0 Å². The maximum Gasteiger partial charge on any atom is 0.322 e. The van der Waals surface area contributed by atoms with Crippen LogP contribution in [0, 0.1) is 0 Å². The van der Waals surface area contributed by atoms with Crippen LogP contribution in [0.15, 0.2) is 0 Å². The maximum absolute atomic E-state index is 11.5. The lowest BCUT2D eigenvalue weighted by molar-refractivity contribution is -0.121. The number of halogens is 1. The second-order valence-electron chi connectivity index (χ2n) is 4.46. The molecule has 1 rings (SSSR count). The second kappa shape index (κ2) is 8.52. The summed E-state index contributed by atoms with van der Waals surface area (Å²) < 4.78 is 5.29. The van der Waals surface area contributed by atoms with Crippen LogP contribution in [0.1, 0.15) is 33.6 Å². The van der Waals surface area contributed by atoms with Crippen LogP contribution >= 0.6 is 11.6 Å². The molecule has 2 N–H and O–H groups in total. The normalized spacial score (nSPS) is 10.4. The molecule has 0 saturated heterocycles. The van der Waals surface area contributed by atoms with Gasteiger partial charge in [-0.2, -0.15) is 15.0 Å². The first-order valence-electron chi connectivity index (χ1n) is 6.59. The van der Waals surface area contributed by atoms with Gasteiger partial charge >= 0.3 is 6.01 Å². The van der Waals surface area contributed by atoms with E-state index in [2.05, 4.69) is 25.6 Å². The standard InChI is InChI=1S/C12H20ClN5O2/c1-4-7-20-12-17-10(13)16-11(18-12)14-6-5-9(19)15-8(2)3/h8H,4-7H2,1-3H3,(H,15,19)(H,14,16,17,18). The first kappa shape index (κ1) is 16.4. The molecule has 1 aromatic rings. The molecule has 0 spiro atoms. The van der Waals surface area contributed by atoms with Crippen molar-refractivity contribution in [3.8, 4) is 6.01 Å². The molecule has 0 saturated carbocycles. The van der Waals surface area contributed by atoms with Gasteiger partial charge in [0.15, 0.2) is 0 Å². The fraction of sp³-hybridized carbons (Fsp3) is 0.667. The second-order valence-corrected chi connectivity index (χ2v) is 4.80. The van der Waals surface area contributed by atoms with Crippen molar-refractivity contribution < 1.29 is 9.53 Å². The highest BCUT2D eigenvalue weighted by Gasteiger charge is 2.07. The Labute approximate surface area is 123 Å². The lowest BCUT2D eigenvalue weighted by Crippen LogP contribution is -2.31. The van der Waals surface area contributed by atoms with E-state index in [1.165, 1.54) is 0 Å². The van der Waals surface area contributed by atoms with Crippen molar-refractivity contribution in [3.05, 3.63) is 5.28 Å². The Morgan fingerprint density at radius 3 is 2.75 bits per heavy atom. The summed E-state index contributed by atoms with van der Waals surface area (Å²) in [5.41, 5.74) is 0. The molecule has 7 nitrogen and oxygen atoms in total. The number of rotatable bonds is 8. The number of nitrogens with one attached hydrogen (secondary N) is 2.